The fourth-order valence-corrected chi connectivity index (χ4v) is 7.34. The Hall–Kier alpha value is -0.0800. The van der Waals surface area contributed by atoms with Crippen molar-refractivity contribution in [1.82, 2.24) is 0 Å². The second-order valence-electron chi connectivity index (χ2n) is 13.3. The van der Waals surface area contributed by atoms with Crippen LogP contribution in [0.5, 0.6) is 0 Å². The maximum absolute atomic E-state index is 11.0. The Labute approximate surface area is 182 Å². The minimum atomic E-state index is -0.161. The van der Waals surface area contributed by atoms with Crippen LogP contribution in [-0.2, 0) is 0 Å². The molecular formula is C27H52O2. The van der Waals surface area contributed by atoms with E-state index in [9.17, 15) is 10.2 Å². The van der Waals surface area contributed by atoms with Gasteiger partial charge in [-0.3, -0.25) is 0 Å². The molecule has 0 aromatic rings. The van der Waals surface area contributed by atoms with Crippen molar-refractivity contribution in [3.8, 4) is 0 Å². The SMILES string of the molecule is CCC1CC(O)C(C(C)(C)C)CC1C(C(C)C)C1CC(C(C)(C)C)C(O)CC1C. The predicted molar refractivity (Wildman–Crippen MR) is 125 cm³/mol. The first kappa shape index (κ1) is 25.2. The van der Waals surface area contributed by atoms with E-state index >= 15 is 0 Å². The van der Waals surface area contributed by atoms with E-state index in [1.54, 1.807) is 0 Å². The average molecular weight is 409 g/mol. The van der Waals surface area contributed by atoms with Crippen molar-refractivity contribution in [2.75, 3.05) is 0 Å². The number of aliphatic hydroxyl groups excluding tert-OH is 2. The molecular weight excluding hydrogens is 356 g/mol. The number of rotatable bonds is 4. The third-order valence-corrected chi connectivity index (χ3v) is 8.98. The summed E-state index contributed by atoms with van der Waals surface area (Å²) < 4.78 is 0. The van der Waals surface area contributed by atoms with Gasteiger partial charge in [0.15, 0.2) is 0 Å². The molecule has 2 saturated carbocycles. The molecule has 0 saturated heterocycles. The van der Waals surface area contributed by atoms with Crippen molar-refractivity contribution >= 4 is 0 Å². The first-order chi connectivity index (χ1) is 13.2. The van der Waals surface area contributed by atoms with Crippen LogP contribution < -0.4 is 0 Å². The lowest BCUT2D eigenvalue weighted by Crippen LogP contribution is -2.49. The third kappa shape index (κ3) is 5.59. The highest BCUT2D eigenvalue weighted by Crippen LogP contribution is 2.54. The first-order valence-electron chi connectivity index (χ1n) is 12.5. The largest absolute Gasteiger partial charge is 0.393 e. The standard InChI is InChI=1S/C27H52O2/c1-11-18-13-24(29)22(27(8,9)10)15-20(18)25(16(2)3)19-14-21(26(5,6)7)23(28)12-17(19)4/h16-25,28-29H,11-15H2,1-10H3. The van der Waals surface area contributed by atoms with Gasteiger partial charge in [0.1, 0.15) is 0 Å². The summed E-state index contributed by atoms with van der Waals surface area (Å²) in [7, 11) is 0. The maximum Gasteiger partial charge on any atom is 0.0576 e. The molecule has 0 bridgehead atoms. The summed E-state index contributed by atoms with van der Waals surface area (Å²) in [6.45, 7) is 23.4. The summed E-state index contributed by atoms with van der Waals surface area (Å²) >= 11 is 0. The quantitative estimate of drug-likeness (QED) is 0.538. The zero-order valence-electron chi connectivity index (χ0n) is 21.2. The highest BCUT2D eigenvalue weighted by molar-refractivity contribution is 4.98. The zero-order chi connectivity index (χ0) is 22.3. The van der Waals surface area contributed by atoms with Crippen LogP contribution in [0.3, 0.4) is 0 Å². The normalized spacial score (nSPS) is 40.9. The lowest BCUT2D eigenvalue weighted by Gasteiger charge is -2.53. The van der Waals surface area contributed by atoms with E-state index in [0.717, 1.165) is 25.7 Å². The molecule has 9 unspecified atom stereocenters. The van der Waals surface area contributed by atoms with Crippen LogP contribution in [0.1, 0.15) is 101 Å². The Morgan fingerprint density at radius 3 is 1.62 bits per heavy atom. The van der Waals surface area contributed by atoms with Crippen molar-refractivity contribution in [2.24, 2.45) is 58.2 Å². The van der Waals surface area contributed by atoms with Gasteiger partial charge in [-0.2, -0.15) is 0 Å². The monoisotopic (exact) mass is 408 g/mol. The van der Waals surface area contributed by atoms with Crippen molar-refractivity contribution in [1.29, 1.82) is 0 Å². The summed E-state index contributed by atoms with van der Waals surface area (Å²) in [4.78, 5) is 0. The summed E-state index contributed by atoms with van der Waals surface area (Å²) in [6, 6.07) is 0. The van der Waals surface area contributed by atoms with Crippen LogP contribution in [0.25, 0.3) is 0 Å². The van der Waals surface area contributed by atoms with Gasteiger partial charge in [-0.05, 0) is 83.9 Å². The van der Waals surface area contributed by atoms with Gasteiger partial charge >= 0.3 is 0 Å². The van der Waals surface area contributed by atoms with E-state index in [0.29, 0.717) is 47.3 Å². The van der Waals surface area contributed by atoms with Crippen molar-refractivity contribution in [3.05, 3.63) is 0 Å². The van der Waals surface area contributed by atoms with E-state index in [1.807, 2.05) is 0 Å². The molecule has 2 heteroatoms. The molecule has 2 nitrogen and oxygen atoms in total. The third-order valence-electron chi connectivity index (χ3n) is 8.98. The van der Waals surface area contributed by atoms with Crippen LogP contribution in [0.2, 0.25) is 0 Å². The molecule has 0 amide bonds. The van der Waals surface area contributed by atoms with Crippen molar-refractivity contribution in [3.63, 3.8) is 0 Å². The van der Waals surface area contributed by atoms with E-state index in [-0.39, 0.29) is 23.0 Å². The minimum Gasteiger partial charge on any atom is -0.393 e. The molecule has 2 aliphatic carbocycles. The topological polar surface area (TPSA) is 40.5 Å². The molecule has 0 aromatic heterocycles. The van der Waals surface area contributed by atoms with Crippen LogP contribution >= 0.6 is 0 Å². The molecule has 29 heavy (non-hydrogen) atoms. The van der Waals surface area contributed by atoms with Gasteiger partial charge in [-0.25, -0.2) is 0 Å². The average Bonchev–Trinajstić information content (AvgIpc) is 2.55. The van der Waals surface area contributed by atoms with Crippen molar-refractivity contribution in [2.45, 2.75) is 114 Å². The number of hydrogen-bond acceptors (Lipinski definition) is 2. The number of hydrogen-bond donors (Lipinski definition) is 2. The van der Waals surface area contributed by atoms with Crippen molar-refractivity contribution < 1.29 is 10.2 Å². The highest BCUT2D eigenvalue weighted by Gasteiger charge is 2.49. The lowest BCUT2D eigenvalue weighted by atomic mass is 9.53. The Morgan fingerprint density at radius 2 is 1.21 bits per heavy atom. The molecule has 0 aliphatic heterocycles. The van der Waals surface area contributed by atoms with E-state index < -0.39 is 0 Å². The Morgan fingerprint density at radius 1 is 0.759 bits per heavy atom. The fourth-order valence-electron chi connectivity index (χ4n) is 7.34. The van der Waals surface area contributed by atoms with Gasteiger partial charge < -0.3 is 10.2 Å². The second kappa shape index (κ2) is 9.19. The molecule has 2 N–H and O–H groups in total. The molecule has 0 heterocycles. The van der Waals surface area contributed by atoms with Crippen LogP contribution in [0, 0.1) is 58.2 Å². The number of aliphatic hydroxyl groups is 2. The minimum absolute atomic E-state index is 0.153. The Kier molecular flexibility index (Phi) is 7.98. The summed E-state index contributed by atoms with van der Waals surface area (Å²) in [5.41, 5.74) is 0.306. The maximum atomic E-state index is 11.0. The van der Waals surface area contributed by atoms with E-state index in [2.05, 4.69) is 69.2 Å². The van der Waals surface area contributed by atoms with Gasteiger partial charge in [-0.1, -0.05) is 75.7 Å². The van der Waals surface area contributed by atoms with Crippen LogP contribution in [0.15, 0.2) is 0 Å². The Balaban J connectivity index is 2.37. The predicted octanol–water partition coefficient (Wildman–Crippen LogP) is 6.79. The molecule has 0 aromatic carbocycles. The smallest absolute Gasteiger partial charge is 0.0576 e. The molecule has 2 aliphatic rings. The van der Waals surface area contributed by atoms with Gasteiger partial charge in [0.05, 0.1) is 12.2 Å². The molecule has 2 rings (SSSR count). The van der Waals surface area contributed by atoms with Crippen LogP contribution in [0.4, 0.5) is 0 Å². The Bertz CT molecular complexity index is 512. The van der Waals surface area contributed by atoms with Gasteiger partial charge in [0.25, 0.3) is 0 Å². The van der Waals surface area contributed by atoms with Crippen LogP contribution in [-0.4, -0.2) is 22.4 Å². The van der Waals surface area contributed by atoms with Gasteiger partial charge in [0, 0.05) is 0 Å². The first-order valence-corrected chi connectivity index (χ1v) is 12.5. The summed E-state index contributed by atoms with van der Waals surface area (Å²) in [6.07, 6.45) is 5.10. The fraction of sp³-hybridized carbons (Fsp3) is 1.00. The summed E-state index contributed by atoms with van der Waals surface area (Å²) in [5.74, 6) is 4.68. The second-order valence-corrected chi connectivity index (χ2v) is 13.3. The zero-order valence-corrected chi connectivity index (χ0v) is 21.2. The van der Waals surface area contributed by atoms with Gasteiger partial charge in [0.2, 0.25) is 0 Å². The lowest BCUT2D eigenvalue weighted by molar-refractivity contribution is -0.0935. The molecule has 172 valence electrons. The van der Waals surface area contributed by atoms with Gasteiger partial charge in [-0.15, -0.1) is 0 Å². The summed E-state index contributed by atoms with van der Waals surface area (Å²) in [5, 5.41) is 21.8. The molecule has 0 radical (unpaired) electrons. The molecule has 0 spiro atoms. The molecule has 9 atom stereocenters. The van der Waals surface area contributed by atoms with E-state index in [1.165, 1.54) is 6.42 Å². The molecule has 2 fully saturated rings. The van der Waals surface area contributed by atoms with E-state index in [4.69, 9.17) is 0 Å². The highest BCUT2D eigenvalue weighted by atomic mass is 16.3.